The van der Waals surface area contributed by atoms with Gasteiger partial charge in [-0.1, -0.05) is 32.1 Å². The van der Waals surface area contributed by atoms with E-state index in [1.54, 1.807) is 0 Å². The number of thiol groups is 1. The molecule has 2 aliphatic rings. The zero-order valence-electron chi connectivity index (χ0n) is 9.95. The van der Waals surface area contributed by atoms with Gasteiger partial charge in [0.25, 0.3) is 0 Å². The largest absolute Gasteiger partial charge is 0.352 e. The van der Waals surface area contributed by atoms with Gasteiger partial charge >= 0.3 is 0 Å². The minimum absolute atomic E-state index is 0.288. The van der Waals surface area contributed by atoms with E-state index in [1.165, 1.54) is 32.1 Å². The van der Waals surface area contributed by atoms with Gasteiger partial charge in [0.15, 0.2) is 0 Å². The molecule has 2 nitrogen and oxygen atoms in total. The molecule has 0 saturated heterocycles. The van der Waals surface area contributed by atoms with E-state index in [0.29, 0.717) is 17.2 Å². The molecule has 2 unspecified atom stereocenters. The van der Waals surface area contributed by atoms with Crippen LogP contribution in [0.4, 0.5) is 0 Å². The van der Waals surface area contributed by atoms with E-state index in [2.05, 4.69) is 17.9 Å². The fourth-order valence-electron chi connectivity index (χ4n) is 2.95. The van der Waals surface area contributed by atoms with Crippen LogP contribution in [0, 0.1) is 5.92 Å². The van der Waals surface area contributed by atoms with Crippen LogP contribution in [0.5, 0.6) is 0 Å². The minimum Gasteiger partial charge on any atom is -0.352 e. The molecule has 1 amide bonds. The lowest BCUT2D eigenvalue weighted by atomic mass is 9.87. The SMILES string of the molecule is O=C(NC1CCCCC1S)C1CCCCC1. The van der Waals surface area contributed by atoms with Crippen molar-refractivity contribution in [2.45, 2.75) is 69.1 Å². The van der Waals surface area contributed by atoms with E-state index >= 15 is 0 Å². The average Bonchev–Trinajstić information content (AvgIpc) is 2.33. The highest BCUT2D eigenvalue weighted by atomic mass is 32.1. The van der Waals surface area contributed by atoms with Gasteiger partial charge in [0.05, 0.1) is 0 Å². The van der Waals surface area contributed by atoms with Crippen molar-refractivity contribution >= 4 is 18.5 Å². The normalized spacial score (nSPS) is 32.3. The van der Waals surface area contributed by atoms with Crippen molar-refractivity contribution in [3.63, 3.8) is 0 Å². The van der Waals surface area contributed by atoms with Gasteiger partial charge in [0.2, 0.25) is 5.91 Å². The molecule has 0 aromatic heterocycles. The van der Waals surface area contributed by atoms with Crippen LogP contribution in [0.15, 0.2) is 0 Å². The van der Waals surface area contributed by atoms with Crippen molar-refractivity contribution in [1.82, 2.24) is 5.32 Å². The molecule has 0 aromatic rings. The second-order valence-corrected chi connectivity index (χ2v) is 5.97. The molecule has 2 rings (SSSR count). The monoisotopic (exact) mass is 241 g/mol. The molecule has 0 aliphatic heterocycles. The molecule has 0 radical (unpaired) electrons. The van der Waals surface area contributed by atoms with Crippen molar-refractivity contribution < 1.29 is 4.79 Å². The van der Waals surface area contributed by atoms with E-state index in [4.69, 9.17) is 0 Å². The first-order valence-corrected chi connectivity index (χ1v) is 7.27. The second-order valence-electron chi connectivity index (χ2n) is 5.30. The molecule has 16 heavy (non-hydrogen) atoms. The maximum Gasteiger partial charge on any atom is 0.223 e. The van der Waals surface area contributed by atoms with Crippen LogP contribution in [0.25, 0.3) is 0 Å². The van der Waals surface area contributed by atoms with Crippen molar-refractivity contribution in [2.24, 2.45) is 5.92 Å². The van der Waals surface area contributed by atoms with Crippen LogP contribution < -0.4 is 5.32 Å². The Morgan fingerprint density at radius 2 is 1.56 bits per heavy atom. The molecule has 2 aliphatic carbocycles. The highest BCUT2D eigenvalue weighted by Gasteiger charge is 2.27. The Hall–Kier alpha value is -0.180. The molecule has 3 heteroatoms. The zero-order valence-corrected chi connectivity index (χ0v) is 10.8. The first-order chi connectivity index (χ1) is 7.77. The number of hydrogen-bond donors (Lipinski definition) is 2. The highest BCUT2D eigenvalue weighted by molar-refractivity contribution is 7.81. The van der Waals surface area contributed by atoms with Gasteiger partial charge in [-0.2, -0.15) is 12.6 Å². The first-order valence-electron chi connectivity index (χ1n) is 6.76. The summed E-state index contributed by atoms with van der Waals surface area (Å²) in [5.41, 5.74) is 0. The fraction of sp³-hybridized carbons (Fsp3) is 0.923. The lowest BCUT2D eigenvalue weighted by Crippen LogP contribution is -2.45. The molecule has 0 aromatic carbocycles. The molecule has 0 bridgehead atoms. The van der Waals surface area contributed by atoms with Crippen LogP contribution in [0.1, 0.15) is 57.8 Å². The number of rotatable bonds is 2. The van der Waals surface area contributed by atoms with E-state index in [-0.39, 0.29) is 5.92 Å². The maximum absolute atomic E-state index is 12.1. The number of carbonyl (C=O) groups is 1. The quantitative estimate of drug-likeness (QED) is 0.715. The summed E-state index contributed by atoms with van der Waals surface area (Å²) in [6.07, 6.45) is 10.7. The van der Waals surface area contributed by atoms with E-state index in [0.717, 1.165) is 25.7 Å². The van der Waals surface area contributed by atoms with Crippen molar-refractivity contribution in [3.05, 3.63) is 0 Å². The molecule has 0 spiro atoms. The average molecular weight is 241 g/mol. The first kappa shape index (κ1) is 12.3. The number of amides is 1. The lowest BCUT2D eigenvalue weighted by molar-refractivity contribution is -0.126. The maximum atomic E-state index is 12.1. The van der Waals surface area contributed by atoms with Crippen LogP contribution >= 0.6 is 12.6 Å². The third-order valence-corrected chi connectivity index (χ3v) is 4.65. The summed E-state index contributed by atoms with van der Waals surface area (Å²) in [6.45, 7) is 0. The molecule has 92 valence electrons. The summed E-state index contributed by atoms with van der Waals surface area (Å²) in [6, 6.07) is 0.325. The summed E-state index contributed by atoms with van der Waals surface area (Å²) in [5.74, 6) is 0.585. The van der Waals surface area contributed by atoms with E-state index in [9.17, 15) is 4.79 Å². The van der Waals surface area contributed by atoms with E-state index < -0.39 is 0 Å². The topological polar surface area (TPSA) is 29.1 Å². The summed E-state index contributed by atoms with van der Waals surface area (Å²) < 4.78 is 0. The van der Waals surface area contributed by atoms with Crippen LogP contribution in [-0.4, -0.2) is 17.2 Å². The molecule has 1 N–H and O–H groups in total. The summed E-state index contributed by atoms with van der Waals surface area (Å²) in [4.78, 5) is 12.1. The molecule has 2 saturated carbocycles. The Morgan fingerprint density at radius 3 is 2.25 bits per heavy atom. The predicted octanol–water partition coefficient (Wildman–Crippen LogP) is 2.92. The summed E-state index contributed by atoms with van der Waals surface area (Å²) >= 11 is 4.58. The molecule has 2 atom stereocenters. The van der Waals surface area contributed by atoms with Crippen molar-refractivity contribution in [1.29, 1.82) is 0 Å². The standard InChI is InChI=1S/C13H23NOS/c15-13(10-6-2-1-3-7-10)14-11-8-4-5-9-12(11)16/h10-12,16H,1-9H2,(H,14,15). The summed E-state index contributed by atoms with van der Waals surface area (Å²) in [5, 5.41) is 3.60. The van der Waals surface area contributed by atoms with Crippen LogP contribution in [-0.2, 0) is 4.79 Å². The number of nitrogens with one attached hydrogen (secondary N) is 1. The van der Waals surface area contributed by atoms with Gasteiger partial charge in [-0.25, -0.2) is 0 Å². The molecule has 2 fully saturated rings. The smallest absolute Gasteiger partial charge is 0.223 e. The van der Waals surface area contributed by atoms with Gasteiger partial charge in [0, 0.05) is 17.2 Å². The van der Waals surface area contributed by atoms with E-state index in [1.807, 2.05) is 0 Å². The molecular weight excluding hydrogens is 218 g/mol. The molecular formula is C13H23NOS. The Balaban J connectivity index is 1.80. The highest BCUT2D eigenvalue weighted by Crippen LogP contribution is 2.26. The second kappa shape index (κ2) is 5.95. The minimum atomic E-state index is 0.288. The predicted molar refractivity (Wildman–Crippen MR) is 69.7 cm³/mol. The number of carbonyl (C=O) groups excluding carboxylic acids is 1. The Kier molecular flexibility index (Phi) is 4.56. The van der Waals surface area contributed by atoms with Crippen molar-refractivity contribution in [3.8, 4) is 0 Å². The Labute approximate surface area is 104 Å². The van der Waals surface area contributed by atoms with Crippen LogP contribution in [0.2, 0.25) is 0 Å². The Bertz CT molecular complexity index is 238. The zero-order chi connectivity index (χ0) is 11.4. The van der Waals surface area contributed by atoms with Gasteiger partial charge in [-0.05, 0) is 25.7 Å². The number of hydrogen-bond acceptors (Lipinski definition) is 2. The van der Waals surface area contributed by atoms with Gasteiger partial charge in [-0.3, -0.25) is 4.79 Å². The van der Waals surface area contributed by atoms with Gasteiger partial charge in [0.1, 0.15) is 0 Å². The van der Waals surface area contributed by atoms with Crippen LogP contribution in [0.3, 0.4) is 0 Å². The summed E-state index contributed by atoms with van der Waals surface area (Å²) in [7, 11) is 0. The molecule has 0 heterocycles. The Morgan fingerprint density at radius 1 is 0.938 bits per heavy atom. The van der Waals surface area contributed by atoms with Gasteiger partial charge in [-0.15, -0.1) is 0 Å². The van der Waals surface area contributed by atoms with Gasteiger partial charge < -0.3 is 5.32 Å². The lowest BCUT2D eigenvalue weighted by Gasteiger charge is -2.31. The van der Waals surface area contributed by atoms with Crippen molar-refractivity contribution in [2.75, 3.05) is 0 Å². The third kappa shape index (κ3) is 3.16. The third-order valence-electron chi connectivity index (χ3n) is 4.03. The fourth-order valence-corrected chi connectivity index (χ4v) is 3.35.